The lowest BCUT2D eigenvalue weighted by Gasteiger charge is -2.17. The van der Waals surface area contributed by atoms with Crippen LogP contribution in [0.15, 0.2) is 36.5 Å². The van der Waals surface area contributed by atoms with Crippen LogP contribution in [0.25, 0.3) is 10.9 Å². The van der Waals surface area contributed by atoms with Gasteiger partial charge in [-0.25, -0.2) is 0 Å². The van der Waals surface area contributed by atoms with Crippen molar-refractivity contribution >= 4 is 28.5 Å². The molecule has 1 saturated carbocycles. The van der Waals surface area contributed by atoms with Crippen LogP contribution < -0.4 is 4.74 Å². The molecule has 1 fully saturated rings. The number of ether oxygens (including phenoxy) is 1. The van der Waals surface area contributed by atoms with Crippen molar-refractivity contribution in [3.63, 3.8) is 0 Å². The molecule has 2 aromatic carbocycles. The maximum Gasteiger partial charge on any atom is 0.420 e. The van der Waals surface area contributed by atoms with Crippen molar-refractivity contribution in [1.82, 2.24) is 4.98 Å². The second-order valence-corrected chi connectivity index (χ2v) is 7.26. The van der Waals surface area contributed by atoms with E-state index < -0.39 is 29.9 Å². The number of benzene rings is 2. The summed E-state index contributed by atoms with van der Waals surface area (Å²) in [5.41, 5.74) is 0.856. The Kier molecular flexibility index (Phi) is 4.50. The molecule has 0 saturated heterocycles. The van der Waals surface area contributed by atoms with Gasteiger partial charge in [-0.15, -0.1) is 0 Å². The second kappa shape index (κ2) is 6.74. The molecule has 4 nitrogen and oxygen atoms in total. The molecule has 0 spiro atoms. The number of hydrogen-bond donors (Lipinski definition) is 2. The minimum atomic E-state index is -4.75. The summed E-state index contributed by atoms with van der Waals surface area (Å²) in [7, 11) is 0. The number of rotatable bonds is 5. The van der Waals surface area contributed by atoms with Crippen molar-refractivity contribution in [2.24, 2.45) is 0 Å². The van der Waals surface area contributed by atoms with Crippen LogP contribution in [-0.4, -0.2) is 16.1 Å². The van der Waals surface area contributed by atoms with Gasteiger partial charge in [0.1, 0.15) is 5.75 Å². The number of aromatic amines is 1. The van der Waals surface area contributed by atoms with E-state index in [2.05, 4.69) is 4.98 Å². The van der Waals surface area contributed by atoms with Crippen LogP contribution in [-0.2, 0) is 17.4 Å². The summed E-state index contributed by atoms with van der Waals surface area (Å²) in [5.74, 6) is -1.09. The van der Waals surface area contributed by atoms with Crippen molar-refractivity contribution in [2.75, 3.05) is 0 Å². The normalized spacial score (nSPS) is 14.4. The molecule has 0 aliphatic heterocycles. The number of nitrogens with one attached hydrogen (secondary N) is 1. The summed E-state index contributed by atoms with van der Waals surface area (Å²) in [4.78, 5) is 14.0. The predicted octanol–water partition coefficient (Wildman–Crippen LogP) is 6.14. The lowest BCUT2D eigenvalue weighted by molar-refractivity contribution is -0.139. The minimum absolute atomic E-state index is 0.0470. The van der Waals surface area contributed by atoms with Crippen LogP contribution in [0.5, 0.6) is 11.5 Å². The standard InChI is InChI=1S/C20H15ClF3NO3/c21-16-6-10(7-18(26)27)5-15(20(22,23)24)19(16)28-12-3-4-17-13(8-12)14(9-25-17)11-1-2-11/h3-6,8-9,11,25H,1-2,7H2,(H,26,27). The number of carboxylic acid groups (broad SMARTS) is 1. The highest BCUT2D eigenvalue weighted by Crippen LogP contribution is 2.46. The molecule has 0 bridgehead atoms. The molecular formula is C20H15ClF3NO3. The van der Waals surface area contributed by atoms with Gasteiger partial charge in [0.25, 0.3) is 0 Å². The molecule has 0 unspecified atom stereocenters. The highest BCUT2D eigenvalue weighted by Gasteiger charge is 2.36. The maximum absolute atomic E-state index is 13.5. The molecule has 8 heteroatoms. The van der Waals surface area contributed by atoms with Crippen LogP contribution >= 0.6 is 11.6 Å². The first-order valence-electron chi connectivity index (χ1n) is 8.62. The molecule has 1 heterocycles. The Bertz CT molecular complexity index is 1070. The molecular weight excluding hydrogens is 395 g/mol. The number of aromatic nitrogens is 1. The minimum Gasteiger partial charge on any atom is -0.481 e. The molecule has 146 valence electrons. The largest absolute Gasteiger partial charge is 0.481 e. The average Bonchev–Trinajstić information content (AvgIpc) is 3.35. The number of hydrogen-bond acceptors (Lipinski definition) is 2. The zero-order valence-electron chi connectivity index (χ0n) is 14.4. The van der Waals surface area contributed by atoms with Crippen molar-refractivity contribution < 1.29 is 27.8 Å². The van der Waals surface area contributed by atoms with Crippen LogP contribution in [0.3, 0.4) is 0 Å². The fourth-order valence-corrected chi connectivity index (χ4v) is 3.56. The number of fused-ring (bicyclic) bond motifs is 1. The van der Waals surface area contributed by atoms with Gasteiger partial charge < -0.3 is 14.8 Å². The van der Waals surface area contributed by atoms with Gasteiger partial charge >= 0.3 is 12.1 Å². The average molecular weight is 410 g/mol. The van der Waals surface area contributed by atoms with Gasteiger partial charge in [-0.05, 0) is 60.2 Å². The Morgan fingerprint density at radius 2 is 2.00 bits per heavy atom. The molecule has 0 radical (unpaired) electrons. The number of aliphatic carboxylic acids is 1. The van der Waals surface area contributed by atoms with E-state index in [0.717, 1.165) is 35.4 Å². The van der Waals surface area contributed by atoms with Crippen molar-refractivity contribution in [1.29, 1.82) is 0 Å². The first-order valence-corrected chi connectivity index (χ1v) is 9.00. The van der Waals surface area contributed by atoms with E-state index in [1.807, 2.05) is 6.20 Å². The van der Waals surface area contributed by atoms with E-state index >= 15 is 0 Å². The third-order valence-electron chi connectivity index (χ3n) is 4.69. The Morgan fingerprint density at radius 3 is 2.64 bits per heavy atom. The Labute approximate surface area is 162 Å². The number of alkyl halides is 3. The Hall–Kier alpha value is -2.67. The molecule has 4 rings (SSSR count). The van der Waals surface area contributed by atoms with E-state index in [9.17, 15) is 18.0 Å². The number of carbonyl (C=O) groups is 1. The Morgan fingerprint density at radius 1 is 1.25 bits per heavy atom. The van der Waals surface area contributed by atoms with E-state index in [0.29, 0.717) is 5.92 Å². The summed E-state index contributed by atoms with van der Waals surface area (Å²) in [5, 5.41) is 9.47. The molecule has 2 N–H and O–H groups in total. The first kappa shape index (κ1) is 18.7. The zero-order valence-corrected chi connectivity index (χ0v) is 15.2. The van der Waals surface area contributed by atoms with E-state index in [1.54, 1.807) is 18.2 Å². The number of halogens is 4. The summed E-state index contributed by atoms with van der Waals surface area (Å²) in [6.45, 7) is 0. The van der Waals surface area contributed by atoms with Gasteiger partial charge in [0, 0.05) is 17.1 Å². The molecule has 0 amide bonds. The van der Waals surface area contributed by atoms with E-state index in [1.165, 1.54) is 6.07 Å². The highest BCUT2D eigenvalue weighted by molar-refractivity contribution is 6.32. The summed E-state index contributed by atoms with van der Waals surface area (Å²) >= 11 is 6.04. The van der Waals surface area contributed by atoms with Crippen LogP contribution in [0.4, 0.5) is 13.2 Å². The molecule has 0 atom stereocenters. The zero-order chi connectivity index (χ0) is 20.1. The quantitative estimate of drug-likeness (QED) is 0.532. The van der Waals surface area contributed by atoms with Gasteiger partial charge in [-0.2, -0.15) is 13.2 Å². The fourth-order valence-electron chi connectivity index (χ4n) is 3.28. The second-order valence-electron chi connectivity index (χ2n) is 6.85. The number of carboxylic acids is 1. The smallest absolute Gasteiger partial charge is 0.420 e. The van der Waals surface area contributed by atoms with Crippen molar-refractivity contribution in [2.45, 2.75) is 31.4 Å². The summed E-state index contributed by atoms with van der Waals surface area (Å²) < 4.78 is 46.2. The fraction of sp³-hybridized carbons (Fsp3) is 0.250. The third-order valence-corrected chi connectivity index (χ3v) is 4.97. The van der Waals surface area contributed by atoms with E-state index in [4.69, 9.17) is 21.4 Å². The molecule has 3 aromatic rings. The molecule has 1 aromatic heterocycles. The van der Waals surface area contributed by atoms with Crippen molar-refractivity contribution in [3.8, 4) is 11.5 Å². The van der Waals surface area contributed by atoms with Crippen LogP contribution in [0, 0.1) is 0 Å². The van der Waals surface area contributed by atoms with E-state index in [-0.39, 0.29) is 16.3 Å². The molecule has 28 heavy (non-hydrogen) atoms. The van der Waals surface area contributed by atoms with Gasteiger partial charge in [0.15, 0.2) is 5.75 Å². The van der Waals surface area contributed by atoms with Crippen molar-refractivity contribution in [3.05, 3.63) is 58.2 Å². The SMILES string of the molecule is O=C(O)Cc1cc(Cl)c(Oc2ccc3[nH]cc(C4CC4)c3c2)c(C(F)(F)F)c1. The lowest BCUT2D eigenvalue weighted by atomic mass is 10.1. The Balaban J connectivity index is 1.75. The van der Waals surface area contributed by atoms with Gasteiger partial charge in [0.2, 0.25) is 0 Å². The summed E-state index contributed by atoms with van der Waals surface area (Å²) in [6.07, 6.45) is -1.21. The van der Waals surface area contributed by atoms with Crippen LogP contribution in [0.2, 0.25) is 5.02 Å². The molecule has 1 aliphatic carbocycles. The third kappa shape index (κ3) is 3.67. The number of H-pyrrole nitrogens is 1. The topological polar surface area (TPSA) is 62.3 Å². The summed E-state index contributed by atoms with van der Waals surface area (Å²) in [6, 6.07) is 6.96. The monoisotopic (exact) mass is 409 g/mol. The lowest BCUT2D eigenvalue weighted by Crippen LogP contribution is -2.10. The van der Waals surface area contributed by atoms with Crippen LogP contribution in [0.1, 0.15) is 35.4 Å². The highest BCUT2D eigenvalue weighted by atomic mass is 35.5. The predicted molar refractivity (Wildman–Crippen MR) is 98.1 cm³/mol. The molecule has 1 aliphatic rings. The van der Waals surface area contributed by atoms with Gasteiger partial charge in [-0.3, -0.25) is 4.79 Å². The first-order chi connectivity index (χ1) is 13.2. The maximum atomic E-state index is 13.5. The van der Waals surface area contributed by atoms with Gasteiger partial charge in [0.05, 0.1) is 17.0 Å². The van der Waals surface area contributed by atoms with Gasteiger partial charge in [-0.1, -0.05) is 11.6 Å².